The average Bonchev–Trinajstić information content (AvgIpc) is 2.98. The van der Waals surface area contributed by atoms with Gasteiger partial charge in [0.05, 0.1) is 5.60 Å². The molecule has 2 heterocycles. The van der Waals surface area contributed by atoms with Gasteiger partial charge in [-0.05, 0) is 37.8 Å². The standard InChI is InChI=1S/C20H22FN5O.ClH/c1-2-11-26-18(13-5-3-6-14(21)12-13)25-16-17(22)23-15(24-19(16)26)7-10-20(27)8-4-9-20;/h2-3,5-6,12,27H,1,4,7-11H2,(H2,22,23,24);1H. The first-order valence-electron chi connectivity index (χ1n) is 9.11. The lowest BCUT2D eigenvalue weighted by molar-refractivity contribution is -0.0401. The number of rotatable bonds is 6. The quantitative estimate of drug-likeness (QED) is 0.613. The van der Waals surface area contributed by atoms with Crippen molar-refractivity contribution in [2.24, 2.45) is 0 Å². The highest BCUT2D eigenvalue weighted by atomic mass is 35.5. The lowest BCUT2D eigenvalue weighted by atomic mass is 9.77. The Balaban J connectivity index is 0.00000225. The number of hydrogen-bond donors (Lipinski definition) is 2. The van der Waals surface area contributed by atoms with E-state index < -0.39 is 5.60 Å². The van der Waals surface area contributed by atoms with Crippen LogP contribution in [-0.2, 0) is 13.0 Å². The number of halogens is 2. The van der Waals surface area contributed by atoms with Gasteiger partial charge in [-0.2, -0.15) is 0 Å². The molecule has 1 aromatic carbocycles. The monoisotopic (exact) mass is 403 g/mol. The SMILES string of the molecule is C=CCn1c(-c2cccc(F)c2)nc2c(N)nc(CCC3(O)CCC3)nc21.Cl. The van der Waals surface area contributed by atoms with Crippen LogP contribution in [0.5, 0.6) is 0 Å². The lowest BCUT2D eigenvalue weighted by Gasteiger charge is -2.36. The number of aryl methyl sites for hydroxylation is 1. The topological polar surface area (TPSA) is 89.9 Å². The van der Waals surface area contributed by atoms with Crippen molar-refractivity contribution in [2.75, 3.05) is 5.73 Å². The molecular formula is C20H23ClFN5O. The molecule has 2 aromatic heterocycles. The van der Waals surface area contributed by atoms with Crippen LogP contribution >= 0.6 is 12.4 Å². The molecule has 0 aliphatic heterocycles. The molecule has 148 valence electrons. The Hall–Kier alpha value is -2.51. The number of anilines is 1. The molecule has 3 aromatic rings. The molecule has 28 heavy (non-hydrogen) atoms. The van der Waals surface area contributed by atoms with Crippen molar-refractivity contribution >= 4 is 29.4 Å². The molecule has 0 unspecified atom stereocenters. The van der Waals surface area contributed by atoms with Gasteiger partial charge in [0, 0.05) is 18.5 Å². The van der Waals surface area contributed by atoms with Crippen LogP contribution in [0.4, 0.5) is 10.2 Å². The summed E-state index contributed by atoms with van der Waals surface area (Å²) in [5.74, 6) is 1.10. The van der Waals surface area contributed by atoms with Crippen LogP contribution in [0.15, 0.2) is 36.9 Å². The molecule has 0 radical (unpaired) electrons. The number of aromatic nitrogens is 4. The Morgan fingerprint density at radius 3 is 2.71 bits per heavy atom. The third-order valence-electron chi connectivity index (χ3n) is 5.16. The van der Waals surface area contributed by atoms with Gasteiger partial charge in [0.15, 0.2) is 17.0 Å². The van der Waals surface area contributed by atoms with E-state index in [-0.39, 0.29) is 24.0 Å². The molecule has 1 saturated carbocycles. The van der Waals surface area contributed by atoms with Crippen LogP contribution in [0.1, 0.15) is 31.5 Å². The zero-order valence-electron chi connectivity index (χ0n) is 15.4. The highest BCUT2D eigenvalue weighted by Crippen LogP contribution is 2.35. The number of hydrogen-bond acceptors (Lipinski definition) is 5. The first-order valence-corrected chi connectivity index (χ1v) is 9.11. The molecule has 1 aliphatic rings. The van der Waals surface area contributed by atoms with Crippen molar-refractivity contribution < 1.29 is 9.50 Å². The van der Waals surface area contributed by atoms with E-state index in [0.29, 0.717) is 47.8 Å². The summed E-state index contributed by atoms with van der Waals surface area (Å²) in [6.45, 7) is 4.26. The Morgan fingerprint density at radius 1 is 1.29 bits per heavy atom. The summed E-state index contributed by atoms with van der Waals surface area (Å²) in [6.07, 6.45) is 5.60. The van der Waals surface area contributed by atoms with E-state index in [1.807, 2.05) is 4.57 Å². The smallest absolute Gasteiger partial charge is 0.166 e. The van der Waals surface area contributed by atoms with Crippen molar-refractivity contribution in [2.45, 2.75) is 44.2 Å². The van der Waals surface area contributed by atoms with Crippen LogP contribution in [0.3, 0.4) is 0 Å². The molecule has 0 saturated heterocycles. The summed E-state index contributed by atoms with van der Waals surface area (Å²) in [4.78, 5) is 13.6. The van der Waals surface area contributed by atoms with Gasteiger partial charge in [0.2, 0.25) is 0 Å². The number of nitrogen functional groups attached to an aromatic ring is 1. The molecule has 0 amide bonds. The number of nitrogens with zero attached hydrogens (tertiary/aromatic N) is 4. The first kappa shape index (κ1) is 20.2. The summed E-state index contributed by atoms with van der Waals surface area (Å²) in [6, 6.07) is 6.25. The first-order chi connectivity index (χ1) is 13.0. The van der Waals surface area contributed by atoms with Crippen molar-refractivity contribution in [1.29, 1.82) is 0 Å². The van der Waals surface area contributed by atoms with Crippen LogP contribution < -0.4 is 5.73 Å². The lowest BCUT2D eigenvalue weighted by Crippen LogP contribution is -2.37. The Morgan fingerprint density at radius 2 is 2.07 bits per heavy atom. The zero-order chi connectivity index (χ0) is 19.0. The van der Waals surface area contributed by atoms with Gasteiger partial charge in [-0.25, -0.2) is 19.3 Å². The Kier molecular flexibility index (Phi) is 5.67. The van der Waals surface area contributed by atoms with Crippen molar-refractivity contribution in [3.05, 3.63) is 48.6 Å². The van der Waals surface area contributed by atoms with E-state index >= 15 is 0 Å². The highest BCUT2D eigenvalue weighted by Gasteiger charge is 2.34. The van der Waals surface area contributed by atoms with Gasteiger partial charge in [0.1, 0.15) is 17.5 Å². The van der Waals surface area contributed by atoms with Crippen molar-refractivity contribution in [3.63, 3.8) is 0 Å². The molecule has 6 nitrogen and oxygen atoms in total. The van der Waals surface area contributed by atoms with Crippen molar-refractivity contribution in [3.8, 4) is 11.4 Å². The van der Waals surface area contributed by atoms with Gasteiger partial charge in [-0.15, -0.1) is 19.0 Å². The number of aliphatic hydroxyl groups is 1. The minimum absolute atomic E-state index is 0. The molecule has 0 atom stereocenters. The highest BCUT2D eigenvalue weighted by molar-refractivity contribution is 5.86. The second kappa shape index (κ2) is 7.85. The number of nitrogens with two attached hydrogens (primary N) is 1. The van der Waals surface area contributed by atoms with E-state index in [9.17, 15) is 9.50 Å². The summed E-state index contributed by atoms with van der Waals surface area (Å²) in [7, 11) is 0. The minimum atomic E-state index is -0.596. The maximum absolute atomic E-state index is 13.7. The van der Waals surface area contributed by atoms with Gasteiger partial charge in [-0.3, -0.25) is 0 Å². The van der Waals surface area contributed by atoms with Gasteiger partial charge in [0.25, 0.3) is 0 Å². The second-order valence-electron chi connectivity index (χ2n) is 7.12. The van der Waals surface area contributed by atoms with E-state index in [1.165, 1.54) is 12.1 Å². The largest absolute Gasteiger partial charge is 0.390 e. The van der Waals surface area contributed by atoms with E-state index in [2.05, 4.69) is 21.5 Å². The average molecular weight is 404 g/mol. The Bertz CT molecular complexity index is 1020. The second-order valence-corrected chi connectivity index (χ2v) is 7.12. The third-order valence-corrected chi connectivity index (χ3v) is 5.16. The predicted octanol–water partition coefficient (Wildman–Crippen LogP) is 3.67. The molecule has 0 bridgehead atoms. The molecule has 1 aliphatic carbocycles. The van der Waals surface area contributed by atoms with Gasteiger partial charge >= 0.3 is 0 Å². The fourth-order valence-electron chi connectivity index (χ4n) is 3.51. The molecule has 1 fully saturated rings. The van der Waals surface area contributed by atoms with E-state index in [4.69, 9.17) is 5.73 Å². The summed E-state index contributed by atoms with van der Waals surface area (Å²) < 4.78 is 15.5. The fourth-order valence-corrected chi connectivity index (χ4v) is 3.51. The summed E-state index contributed by atoms with van der Waals surface area (Å²) in [5.41, 5.74) is 7.27. The zero-order valence-corrected chi connectivity index (χ0v) is 16.3. The van der Waals surface area contributed by atoms with Crippen LogP contribution in [0.2, 0.25) is 0 Å². The van der Waals surface area contributed by atoms with Gasteiger partial charge in [-0.1, -0.05) is 18.2 Å². The summed E-state index contributed by atoms with van der Waals surface area (Å²) >= 11 is 0. The summed E-state index contributed by atoms with van der Waals surface area (Å²) in [5, 5.41) is 10.3. The van der Waals surface area contributed by atoms with Crippen LogP contribution in [0.25, 0.3) is 22.6 Å². The number of benzene rings is 1. The number of allylic oxidation sites excluding steroid dienone is 1. The van der Waals surface area contributed by atoms with Gasteiger partial charge < -0.3 is 15.4 Å². The maximum Gasteiger partial charge on any atom is 0.166 e. The number of imidazole rings is 1. The van der Waals surface area contributed by atoms with E-state index in [0.717, 1.165) is 19.3 Å². The minimum Gasteiger partial charge on any atom is -0.390 e. The molecule has 8 heteroatoms. The van der Waals surface area contributed by atoms with Crippen molar-refractivity contribution in [1.82, 2.24) is 19.5 Å². The normalized spacial score (nSPS) is 15.1. The third kappa shape index (κ3) is 3.72. The Labute approximate surface area is 168 Å². The fraction of sp³-hybridized carbons (Fsp3) is 0.350. The molecular weight excluding hydrogens is 381 g/mol. The van der Waals surface area contributed by atoms with E-state index in [1.54, 1.807) is 18.2 Å². The van der Waals surface area contributed by atoms with Crippen LogP contribution in [0, 0.1) is 5.82 Å². The maximum atomic E-state index is 13.7. The molecule has 0 spiro atoms. The van der Waals surface area contributed by atoms with Crippen LogP contribution in [-0.4, -0.2) is 30.2 Å². The molecule has 3 N–H and O–H groups in total. The molecule has 4 rings (SSSR count). The number of fused-ring (bicyclic) bond motifs is 1. The predicted molar refractivity (Wildman–Crippen MR) is 110 cm³/mol.